The number of H-pyrrole nitrogens is 1. The van der Waals surface area contributed by atoms with Gasteiger partial charge >= 0.3 is 0 Å². The highest BCUT2D eigenvalue weighted by Gasteiger charge is 2.09. The summed E-state index contributed by atoms with van der Waals surface area (Å²) in [7, 11) is 0. The van der Waals surface area contributed by atoms with Gasteiger partial charge in [0.1, 0.15) is 0 Å². The van der Waals surface area contributed by atoms with Gasteiger partial charge in [0.25, 0.3) is 5.56 Å². The zero-order chi connectivity index (χ0) is 12.3. The van der Waals surface area contributed by atoms with Crippen LogP contribution in [0.25, 0.3) is 11.3 Å². The van der Waals surface area contributed by atoms with Crippen molar-refractivity contribution in [1.82, 2.24) is 9.97 Å². The molecule has 0 unspecified atom stereocenters. The number of hydrogen-bond donors (Lipinski definition) is 1. The Labute approximate surface area is 108 Å². The van der Waals surface area contributed by atoms with Crippen molar-refractivity contribution in [2.24, 2.45) is 0 Å². The van der Waals surface area contributed by atoms with Crippen LogP contribution >= 0.6 is 15.9 Å². The van der Waals surface area contributed by atoms with E-state index in [1.165, 1.54) is 6.33 Å². The maximum Gasteiger partial charge on any atom is 0.254 e. The van der Waals surface area contributed by atoms with Crippen molar-refractivity contribution in [3.63, 3.8) is 0 Å². The SMILES string of the molecule is CCCc1c(-c2ccc(Br)cc2)nc[nH]c1=O. The third-order valence-electron chi connectivity index (χ3n) is 2.57. The first-order valence-corrected chi connectivity index (χ1v) is 6.34. The van der Waals surface area contributed by atoms with Gasteiger partial charge in [0.05, 0.1) is 12.0 Å². The van der Waals surface area contributed by atoms with Gasteiger partial charge in [-0.25, -0.2) is 4.98 Å². The second-order valence-electron chi connectivity index (χ2n) is 3.82. The van der Waals surface area contributed by atoms with Crippen molar-refractivity contribution in [2.45, 2.75) is 19.8 Å². The summed E-state index contributed by atoms with van der Waals surface area (Å²) in [5.41, 5.74) is 2.47. The molecule has 0 saturated heterocycles. The zero-order valence-electron chi connectivity index (χ0n) is 9.53. The Morgan fingerprint density at radius 1 is 1.29 bits per heavy atom. The monoisotopic (exact) mass is 292 g/mol. The molecule has 0 amide bonds. The van der Waals surface area contributed by atoms with E-state index in [0.717, 1.165) is 34.1 Å². The average Bonchev–Trinajstić information content (AvgIpc) is 2.33. The molecule has 0 spiro atoms. The second kappa shape index (κ2) is 5.27. The van der Waals surface area contributed by atoms with Gasteiger partial charge in [0.2, 0.25) is 0 Å². The minimum Gasteiger partial charge on any atom is -0.313 e. The van der Waals surface area contributed by atoms with E-state index in [9.17, 15) is 4.79 Å². The molecule has 3 nitrogen and oxygen atoms in total. The van der Waals surface area contributed by atoms with Gasteiger partial charge in [-0.05, 0) is 18.6 Å². The van der Waals surface area contributed by atoms with E-state index in [1.54, 1.807) is 0 Å². The number of halogens is 1. The van der Waals surface area contributed by atoms with Crippen LogP contribution in [-0.2, 0) is 6.42 Å². The largest absolute Gasteiger partial charge is 0.313 e. The summed E-state index contributed by atoms with van der Waals surface area (Å²) < 4.78 is 1.02. The third kappa shape index (κ3) is 2.64. The summed E-state index contributed by atoms with van der Waals surface area (Å²) in [6, 6.07) is 7.83. The Bertz CT molecular complexity index is 560. The number of benzene rings is 1. The molecule has 0 saturated carbocycles. The molecule has 2 aromatic rings. The second-order valence-corrected chi connectivity index (χ2v) is 4.73. The van der Waals surface area contributed by atoms with Gasteiger partial charge in [0.15, 0.2) is 0 Å². The van der Waals surface area contributed by atoms with Crippen molar-refractivity contribution in [2.75, 3.05) is 0 Å². The van der Waals surface area contributed by atoms with Crippen LogP contribution in [0.3, 0.4) is 0 Å². The lowest BCUT2D eigenvalue weighted by Gasteiger charge is -2.06. The maximum atomic E-state index is 11.8. The summed E-state index contributed by atoms with van der Waals surface area (Å²) in [5, 5.41) is 0. The van der Waals surface area contributed by atoms with Crippen LogP contribution in [0.2, 0.25) is 0 Å². The minimum atomic E-state index is -0.0419. The topological polar surface area (TPSA) is 45.8 Å². The lowest BCUT2D eigenvalue weighted by Crippen LogP contribution is -2.14. The third-order valence-corrected chi connectivity index (χ3v) is 3.10. The molecule has 17 heavy (non-hydrogen) atoms. The summed E-state index contributed by atoms with van der Waals surface area (Å²) in [4.78, 5) is 18.7. The van der Waals surface area contributed by atoms with Crippen LogP contribution < -0.4 is 5.56 Å². The lowest BCUT2D eigenvalue weighted by molar-refractivity contribution is 0.888. The molecule has 0 bridgehead atoms. The molecular weight excluding hydrogens is 280 g/mol. The van der Waals surface area contributed by atoms with Crippen LogP contribution in [0.15, 0.2) is 39.9 Å². The quantitative estimate of drug-likeness (QED) is 0.945. The van der Waals surface area contributed by atoms with E-state index in [-0.39, 0.29) is 5.56 Å². The van der Waals surface area contributed by atoms with E-state index in [2.05, 4.69) is 32.8 Å². The molecule has 0 atom stereocenters. The van der Waals surface area contributed by atoms with Crippen LogP contribution in [0.1, 0.15) is 18.9 Å². The van der Waals surface area contributed by atoms with E-state index >= 15 is 0 Å². The summed E-state index contributed by atoms with van der Waals surface area (Å²) in [6.07, 6.45) is 3.13. The van der Waals surface area contributed by atoms with E-state index in [4.69, 9.17) is 0 Å². The smallest absolute Gasteiger partial charge is 0.254 e. The van der Waals surface area contributed by atoms with Gasteiger partial charge in [-0.1, -0.05) is 41.4 Å². The standard InChI is InChI=1S/C13H13BrN2O/c1-2-3-11-12(15-8-16-13(11)17)9-4-6-10(14)7-5-9/h4-8H,2-3H2,1H3,(H,15,16,17). The Kier molecular flexibility index (Phi) is 3.74. The van der Waals surface area contributed by atoms with E-state index in [0.29, 0.717) is 0 Å². The molecule has 88 valence electrons. The minimum absolute atomic E-state index is 0.0419. The Morgan fingerprint density at radius 3 is 2.65 bits per heavy atom. The van der Waals surface area contributed by atoms with Crippen LogP contribution in [0, 0.1) is 0 Å². The fourth-order valence-electron chi connectivity index (χ4n) is 1.77. The molecule has 1 N–H and O–H groups in total. The van der Waals surface area contributed by atoms with E-state index < -0.39 is 0 Å². The van der Waals surface area contributed by atoms with Gasteiger partial charge in [-0.3, -0.25) is 4.79 Å². The molecule has 0 fully saturated rings. The molecule has 0 aliphatic carbocycles. The highest BCUT2D eigenvalue weighted by molar-refractivity contribution is 9.10. The number of nitrogens with one attached hydrogen (secondary N) is 1. The van der Waals surface area contributed by atoms with Crippen molar-refractivity contribution in [3.05, 3.63) is 51.0 Å². The number of rotatable bonds is 3. The van der Waals surface area contributed by atoms with Gasteiger partial charge in [0, 0.05) is 15.6 Å². The highest BCUT2D eigenvalue weighted by atomic mass is 79.9. The normalized spacial score (nSPS) is 10.5. The molecule has 0 aliphatic heterocycles. The molecule has 4 heteroatoms. The fourth-order valence-corrected chi connectivity index (χ4v) is 2.03. The van der Waals surface area contributed by atoms with E-state index in [1.807, 2.05) is 24.3 Å². The summed E-state index contributed by atoms with van der Waals surface area (Å²) in [6.45, 7) is 2.05. The van der Waals surface area contributed by atoms with Crippen molar-refractivity contribution >= 4 is 15.9 Å². The molecule has 0 aliphatic rings. The zero-order valence-corrected chi connectivity index (χ0v) is 11.1. The molecular formula is C13H13BrN2O. The number of aromatic amines is 1. The molecule has 1 aromatic carbocycles. The highest BCUT2D eigenvalue weighted by Crippen LogP contribution is 2.21. The van der Waals surface area contributed by atoms with Crippen molar-refractivity contribution < 1.29 is 0 Å². The molecule has 0 radical (unpaired) electrons. The lowest BCUT2D eigenvalue weighted by atomic mass is 10.0. The van der Waals surface area contributed by atoms with Crippen molar-refractivity contribution in [1.29, 1.82) is 0 Å². The fraction of sp³-hybridized carbons (Fsp3) is 0.231. The Balaban J connectivity index is 2.54. The van der Waals surface area contributed by atoms with Gasteiger partial charge < -0.3 is 4.98 Å². The molecule has 1 aromatic heterocycles. The van der Waals surface area contributed by atoms with Gasteiger partial charge in [-0.15, -0.1) is 0 Å². The molecule has 2 rings (SSSR count). The van der Waals surface area contributed by atoms with Crippen LogP contribution in [-0.4, -0.2) is 9.97 Å². The number of aromatic nitrogens is 2. The Morgan fingerprint density at radius 2 is 2.00 bits per heavy atom. The predicted octanol–water partition coefficient (Wildman–Crippen LogP) is 3.15. The van der Waals surface area contributed by atoms with Crippen LogP contribution in [0.4, 0.5) is 0 Å². The Hall–Kier alpha value is -1.42. The van der Waals surface area contributed by atoms with Gasteiger partial charge in [-0.2, -0.15) is 0 Å². The first-order valence-electron chi connectivity index (χ1n) is 5.55. The molecule has 1 heterocycles. The average molecular weight is 293 g/mol. The first-order chi connectivity index (χ1) is 8.22. The summed E-state index contributed by atoms with van der Waals surface area (Å²) >= 11 is 3.39. The van der Waals surface area contributed by atoms with Crippen molar-refractivity contribution in [3.8, 4) is 11.3 Å². The number of nitrogens with zero attached hydrogens (tertiary/aromatic N) is 1. The number of hydrogen-bond acceptors (Lipinski definition) is 2. The van der Waals surface area contributed by atoms with Crippen LogP contribution in [0.5, 0.6) is 0 Å². The maximum absolute atomic E-state index is 11.8. The predicted molar refractivity (Wildman–Crippen MR) is 72.0 cm³/mol. The summed E-state index contributed by atoms with van der Waals surface area (Å²) in [5.74, 6) is 0. The first kappa shape index (κ1) is 12.0.